The smallest absolute Gasteiger partial charge is 0.338 e. The van der Waals surface area contributed by atoms with E-state index in [9.17, 15) is 18.0 Å². The summed E-state index contributed by atoms with van der Waals surface area (Å²) in [7, 11) is 1.88. The summed E-state index contributed by atoms with van der Waals surface area (Å²) in [5, 5.41) is 3.12. The maximum Gasteiger partial charge on any atom is 0.416 e. The number of nitrogens with zero attached hydrogens (tertiary/aromatic N) is 1. The van der Waals surface area contributed by atoms with Crippen molar-refractivity contribution in [2.24, 2.45) is 5.92 Å². The zero-order valence-corrected chi connectivity index (χ0v) is 13.1. The molecule has 0 radical (unpaired) electrons. The highest BCUT2D eigenvalue weighted by Gasteiger charge is 2.47. The number of likely N-dealkylation sites (N-methyl/N-ethyl adjacent to an activating group) is 1. The first-order valence-electron chi connectivity index (χ1n) is 8.04. The molecule has 1 saturated heterocycles. The molecule has 1 aromatic rings. The quantitative estimate of drug-likeness (QED) is 0.922. The van der Waals surface area contributed by atoms with E-state index in [4.69, 9.17) is 0 Å². The Bertz CT molecular complexity index is 570. The zero-order chi connectivity index (χ0) is 16.6. The fourth-order valence-corrected chi connectivity index (χ4v) is 3.54. The Kier molecular flexibility index (Phi) is 4.36. The summed E-state index contributed by atoms with van der Waals surface area (Å²) < 4.78 is 37.8. The van der Waals surface area contributed by atoms with Crippen LogP contribution in [0.2, 0.25) is 0 Å². The summed E-state index contributed by atoms with van der Waals surface area (Å²) in [6, 6.07) is 5.48. The van der Waals surface area contributed by atoms with Crippen molar-refractivity contribution in [3.8, 4) is 0 Å². The van der Waals surface area contributed by atoms with E-state index in [1.54, 1.807) is 0 Å². The molecule has 3 rings (SSSR count). The number of benzene rings is 1. The SMILES string of the molecule is CNC[C@@H]1CCCN1C(=O)[C@H]1C[C@H]1c1ccc(C(F)(F)F)cc1. The first-order chi connectivity index (χ1) is 10.9. The average Bonchev–Trinajstić information content (AvgIpc) is 3.18. The lowest BCUT2D eigenvalue weighted by atomic mass is 10.1. The van der Waals surface area contributed by atoms with Crippen LogP contribution in [0, 0.1) is 5.92 Å². The molecule has 1 heterocycles. The Morgan fingerprint density at radius 1 is 1.30 bits per heavy atom. The third-order valence-corrected chi connectivity index (χ3v) is 4.87. The van der Waals surface area contributed by atoms with Crippen LogP contribution in [-0.2, 0) is 11.0 Å². The normalized spacial score (nSPS) is 27.3. The number of rotatable bonds is 4. The van der Waals surface area contributed by atoms with Crippen LogP contribution in [0.1, 0.15) is 36.3 Å². The number of alkyl halides is 3. The monoisotopic (exact) mass is 326 g/mol. The first-order valence-corrected chi connectivity index (χ1v) is 8.04. The van der Waals surface area contributed by atoms with Crippen molar-refractivity contribution in [2.45, 2.75) is 37.4 Å². The van der Waals surface area contributed by atoms with E-state index in [-0.39, 0.29) is 23.8 Å². The topological polar surface area (TPSA) is 32.3 Å². The summed E-state index contributed by atoms with van der Waals surface area (Å²) in [5.41, 5.74) is 0.194. The summed E-state index contributed by atoms with van der Waals surface area (Å²) >= 11 is 0. The second-order valence-corrected chi connectivity index (χ2v) is 6.45. The van der Waals surface area contributed by atoms with Gasteiger partial charge in [-0.1, -0.05) is 12.1 Å². The molecule has 3 atom stereocenters. The fourth-order valence-electron chi connectivity index (χ4n) is 3.54. The van der Waals surface area contributed by atoms with Gasteiger partial charge in [0.15, 0.2) is 0 Å². The number of hydrogen-bond acceptors (Lipinski definition) is 2. The second-order valence-electron chi connectivity index (χ2n) is 6.45. The molecule has 1 aliphatic heterocycles. The third-order valence-electron chi connectivity index (χ3n) is 4.87. The van der Waals surface area contributed by atoms with Crippen molar-refractivity contribution in [2.75, 3.05) is 20.1 Å². The van der Waals surface area contributed by atoms with Gasteiger partial charge in [0.1, 0.15) is 0 Å². The zero-order valence-electron chi connectivity index (χ0n) is 13.1. The highest BCUT2D eigenvalue weighted by Crippen LogP contribution is 2.49. The van der Waals surface area contributed by atoms with E-state index in [0.29, 0.717) is 0 Å². The van der Waals surface area contributed by atoms with E-state index in [0.717, 1.165) is 50.0 Å². The maximum atomic E-state index is 12.6. The van der Waals surface area contributed by atoms with Crippen molar-refractivity contribution >= 4 is 5.91 Å². The Labute approximate surface area is 133 Å². The molecule has 126 valence electrons. The van der Waals surface area contributed by atoms with Crippen molar-refractivity contribution in [3.05, 3.63) is 35.4 Å². The molecule has 2 fully saturated rings. The average molecular weight is 326 g/mol. The van der Waals surface area contributed by atoms with Crippen molar-refractivity contribution in [3.63, 3.8) is 0 Å². The Morgan fingerprint density at radius 3 is 2.61 bits per heavy atom. The molecular formula is C17H21F3N2O. The molecule has 0 bridgehead atoms. The van der Waals surface area contributed by atoms with Gasteiger partial charge in [-0.05, 0) is 49.9 Å². The van der Waals surface area contributed by atoms with Crippen LogP contribution in [0.4, 0.5) is 13.2 Å². The number of carbonyl (C=O) groups excluding carboxylic acids is 1. The highest BCUT2D eigenvalue weighted by atomic mass is 19.4. The van der Waals surface area contributed by atoms with Crippen LogP contribution in [-0.4, -0.2) is 37.0 Å². The third kappa shape index (κ3) is 3.37. The molecule has 1 saturated carbocycles. The summed E-state index contributed by atoms with van der Waals surface area (Å²) in [6.07, 6.45) is -1.53. The van der Waals surface area contributed by atoms with Gasteiger partial charge in [0.05, 0.1) is 5.56 Å². The molecule has 0 unspecified atom stereocenters. The number of likely N-dealkylation sites (tertiary alicyclic amines) is 1. The van der Waals surface area contributed by atoms with E-state index in [2.05, 4.69) is 5.32 Å². The molecule has 1 N–H and O–H groups in total. The standard InChI is InChI=1S/C17H21F3N2O/c1-21-10-13-3-2-8-22(13)16(23)15-9-14(15)11-4-6-12(7-5-11)17(18,19)20/h4-7,13-15,21H,2-3,8-10H2,1H3/t13-,14-,15-/m0/s1. The van der Waals surface area contributed by atoms with E-state index in [1.165, 1.54) is 12.1 Å². The summed E-state index contributed by atoms with van der Waals surface area (Å²) in [5.74, 6) is 0.164. The fraction of sp³-hybridized carbons (Fsp3) is 0.588. The lowest BCUT2D eigenvalue weighted by Gasteiger charge is -2.24. The molecule has 0 spiro atoms. The molecule has 3 nitrogen and oxygen atoms in total. The Balaban J connectivity index is 1.64. The molecular weight excluding hydrogens is 305 g/mol. The number of amides is 1. The number of nitrogens with one attached hydrogen (secondary N) is 1. The maximum absolute atomic E-state index is 12.6. The lowest BCUT2D eigenvalue weighted by molar-refractivity contribution is -0.137. The first kappa shape index (κ1) is 16.3. The van der Waals surface area contributed by atoms with Crippen LogP contribution in [0.3, 0.4) is 0 Å². The molecule has 1 aromatic carbocycles. The highest BCUT2D eigenvalue weighted by molar-refractivity contribution is 5.83. The minimum atomic E-state index is -4.31. The molecule has 23 heavy (non-hydrogen) atoms. The van der Waals surface area contributed by atoms with Crippen LogP contribution in [0.25, 0.3) is 0 Å². The van der Waals surface area contributed by atoms with E-state index < -0.39 is 11.7 Å². The summed E-state index contributed by atoms with van der Waals surface area (Å²) in [6.45, 7) is 1.59. The molecule has 6 heteroatoms. The molecule has 1 amide bonds. The van der Waals surface area contributed by atoms with Gasteiger partial charge in [0.25, 0.3) is 0 Å². The lowest BCUT2D eigenvalue weighted by Crippen LogP contribution is -2.41. The predicted octanol–water partition coefficient (Wildman–Crippen LogP) is 3.02. The van der Waals surface area contributed by atoms with Crippen molar-refractivity contribution in [1.82, 2.24) is 10.2 Å². The van der Waals surface area contributed by atoms with Gasteiger partial charge >= 0.3 is 6.18 Å². The number of carbonyl (C=O) groups is 1. The van der Waals surface area contributed by atoms with Crippen molar-refractivity contribution < 1.29 is 18.0 Å². The summed E-state index contributed by atoms with van der Waals surface area (Å²) in [4.78, 5) is 14.6. The Hall–Kier alpha value is -1.56. The second kappa shape index (κ2) is 6.15. The van der Waals surface area contributed by atoms with Crippen LogP contribution >= 0.6 is 0 Å². The minimum absolute atomic E-state index is 0.0656. The van der Waals surface area contributed by atoms with Crippen LogP contribution < -0.4 is 5.32 Å². The van der Waals surface area contributed by atoms with Crippen molar-refractivity contribution in [1.29, 1.82) is 0 Å². The van der Waals surface area contributed by atoms with Gasteiger partial charge in [0, 0.05) is 25.0 Å². The Morgan fingerprint density at radius 2 is 2.00 bits per heavy atom. The number of hydrogen-bond donors (Lipinski definition) is 1. The van der Waals surface area contributed by atoms with Gasteiger partial charge < -0.3 is 10.2 Å². The molecule has 2 aliphatic rings. The van der Waals surface area contributed by atoms with Crippen LogP contribution in [0.5, 0.6) is 0 Å². The van der Waals surface area contributed by atoms with Gasteiger partial charge in [-0.25, -0.2) is 0 Å². The predicted molar refractivity (Wildman–Crippen MR) is 81.0 cm³/mol. The number of halogens is 3. The van der Waals surface area contributed by atoms with Gasteiger partial charge in [-0.15, -0.1) is 0 Å². The molecule has 1 aliphatic carbocycles. The van der Waals surface area contributed by atoms with Gasteiger partial charge in [-0.2, -0.15) is 13.2 Å². The van der Waals surface area contributed by atoms with E-state index >= 15 is 0 Å². The minimum Gasteiger partial charge on any atom is -0.338 e. The molecule has 0 aromatic heterocycles. The largest absolute Gasteiger partial charge is 0.416 e. The van der Waals surface area contributed by atoms with E-state index in [1.807, 2.05) is 11.9 Å². The van der Waals surface area contributed by atoms with Crippen LogP contribution in [0.15, 0.2) is 24.3 Å². The van der Waals surface area contributed by atoms with Gasteiger partial charge in [0.2, 0.25) is 5.91 Å². The van der Waals surface area contributed by atoms with Gasteiger partial charge in [-0.3, -0.25) is 4.79 Å².